The number of benzene rings is 1. The van der Waals surface area contributed by atoms with Crippen molar-refractivity contribution in [2.45, 2.75) is 32.1 Å². The lowest BCUT2D eigenvalue weighted by molar-refractivity contribution is -0.137. The number of hydrogen-bond donors (Lipinski definition) is 2. The van der Waals surface area contributed by atoms with E-state index in [4.69, 9.17) is 5.11 Å². The molecule has 0 aliphatic carbocycles. The Hall–Kier alpha value is -2.17. The van der Waals surface area contributed by atoms with E-state index in [1.165, 1.54) is 0 Å². The van der Waals surface area contributed by atoms with Crippen LogP contribution < -0.4 is 5.32 Å². The molecule has 2 aromatic rings. The first-order valence-corrected chi connectivity index (χ1v) is 6.93. The van der Waals surface area contributed by atoms with Crippen LogP contribution in [-0.4, -0.2) is 27.8 Å². The lowest BCUT2D eigenvalue weighted by Crippen LogP contribution is -2.03. The Morgan fingerprint density at radius 3 is 2.80 bits per heavy atom. The first-order valence-electron chi connectivity index (χ1n) is 6.93. The van der Waals surface area contributed by atoms with Gasteiger partial charge >= 0.3 is 5.97 Å². The zero-order valence-electron chi connectivity index (χ0n) is 11.4. The van der Waals surface area contributed by atoms with Gasteiger partial charge in [-0.15, -0.1) is 0 Å². The molecule has 1 heterocycles. The topological polar surface area (TPSA) is 75.1 Å². The van der Waals surface area contributed by atoms with Crippen LogP contribution in [0.1, 0.15) is 32.1 Å². The van der Waals surface area contributed by atoms with E-state index < -0.39 is 5.97 Å². The predicted octanol–water partition coefficient (Wildman–Crippen LogP) is 3.08. The van der Waals surface area contributed by atoms with Crippen molar-refractivity contribution in [2.75, 3.05) is 11.9 Å². The molecule has 0 spiro atoms. The molecular weight excluding hydrogens is 254 g/mol. The van der Waals surface area contributed by atoms with E-state index in [0.29, 0.717) is 0 Å². The van der Waals surface area contributed by atoms with Gasteiger partial charge in [0.15, 0.2) is 0 Å². The van der Waals surface area contributed by atoms with E-state index in [-0.39, 0.29) is 6.42 Å². The number of carboxylic acids is 1. The van der Waals surface area contributed by atoms with Gasteiger partial charge in [-0.3, -0.25) is 4.79 Å². The van der Waals surface area contributed by atoms with Crippen molar-refractivity contribution in [1.82, 2.24) is 10.2 Å². The summed E-state index contributed by atoms with van der Waals surface area (Å²) in [6.45, 7) is 0.864. The highest BCUT2D eigenvalue weighted by Gasteiger charge is 2.01. The lowest BCUT2D eigenvalue weighted by atomic mass is 10.1. The second-order valence-corrected chi connectivity index (χ2v) is 4.76. The molecule has 5 nitrogen and oxygen atoms in total. The summed E-state index contributed by atoms with van der Waals surface area (Å²) in [6.07, 6.45) is 5.80. The van der Waals surface area contributed by atoms with Crippen molar-refractivity contribution in [3.63, 3.8) is 0 Å². The molecule has 0 radical (unpaired) electrons. The summed E-state index contributed by atoms with van der Waals surface area (Å²) < 4.78 is 0. The van der Waals surface area contributed by atoms with Gasteiger partial charge in [0.05, 0.1) is 17.4 Å². The third kappa shape index (κ3) is 4.19. The van der Waals surface area contributed by atoms with E-state index in [1.54, 1.807) is 6.20 Å². The molecule has 0 saturated heterocycles. The van der Waals surface area contributed by atoms with Crippen LogP contribution >= 0.6 is 0 Å². The van der Waals surface area contributed by atoms with Gasteiger partial charge in [0, 0.05) is 18.4 Å². The van der Waals surface area contributed by atoms with Crippen molar-refractivity contribution < 1.29 is 9.90 Å². The number of hydrogen-bond acceptors (Lipinski definition) is 4. The van der Waals surface area contributed by atoms with Crippen LogP contribution in [0.5, 0.6) is 0 Å². The number of carbonyl (C=O) groups is 1. The van der Waals surface area contributed by atoms with Gasteiger partial charge < -0.3 is 10.4 Å². The first kappa shape index (κ1) is 14.2. The minimum Gasteiger partial charge on any atom is -0.481 e. The second kappa shape index (κ2) is 7.43. The summed E-state index contributed by atoms with van der Waals surface area (Å²) in [7, 11) is 0. The first-order chi connectivity index (χ1) is 9.77. The molecule has 0 aliphatic heterocycles. The summed E-state index contributed by atoms with van der Waals surface area (Å²) in [5.74, 6) is -0.711. The van der Waals surface area contributed by atoms with Crippen LogP contribution in [-0.2, 0) is 4.79 Å². The highest BCUT2D eigenvalue weighted by molar-refractivity contribution is 5.90. The number of unbranched alkanes of at least 4 members (excludes halogenated alkanes) is 3. The van der Waals surface area contributed by atoms with Crippen LogP contribution in [0.3, 0.4) is 0 Å². The molecule has 1 aromatic carbocycles. The van der Waals surface area contributed by atoms with Crippen LogP contribution in [0.4, 0.5) is 5.69 Å². The molecule has 2 rings (SSSR count). The number of nitrogens with one attached hydrogen (secondary N) is 1. The molecule has 20 heavy (non-hydrogen) atoms. The third-order valence-corrected chi connectivity index (χ3v) is 3.18. The average Bonchev–Trinajstić information content (AvgIpc) is 2.46. The Balaban J connectivity index is 1.75. The molecule has 5 heteroatoms. The molecular formula is C15H19N3O2. The van der Waals surface area contributed by atoms with Crippen molar-refractivity contribution >= 4 is 22.6 Å². The predicted molar refractivity (Wildman–Crippen MR) is 78.7 cm³/mol. The second-order valence-electron chi connectivity index (χ2n) is 4.76. The van der Waals surface area contributed by atoms with Gasteiger partial charge in [0.25, 0.3) is 0 Å². The number of aromatic nitrogens is 2. The van der Waals surface area contributed by atoms with E-state index >= 15 is 0 Å². The highest BCUT2D eigenvalue weighted by Crippen LogP contribution is 2.19. The number of carboxylic acid groups (broad SMARTS) is 1. The van der Waals surface area contributed by atoms with Gasteiger partial charge in [-0.05, 0) is 18.9 Å². The van der Waals surface area contributed by atoms with Crippen LogP contribution in [0.15, 0.2) is 30.5 Å². The SMILES string of the molecule is O=C(O)CCCCCCNc1cnnc2ccccc12. The lowest BCUT2D eigenvalue weighted by Gasteiger charge is -2.08. The fraction of sp³-hybridized carbons (Fsp3) is 0.400. The van der Waals surface area contributed by atoms with Crippen molar-refractivity contribution in [1.29, 1.82) is 0 Å². The minimum atomic E-state index is -0.711. The van der Waals surface area contributed by atoms with Gasteiger partial charge in [0.1, 0.15) is 0 Å². The van der Waals surface area contributed by atoms with Crippen LogP contribution in [0.25, 0.3) is 10.9 Å². The van der Waals surface area contributed by atoms with E-state index in [2.05, 4.69) is 15.5 Å². The number of aliphatic carboxylic acids is 1. The van der Waals surface area contributed by atoms with E-state index in [9.17, 15) is 4.79 Å². The highest BCUT2D eigenvalue weighted by atomic mass is 16.4. The number of rotatable bonds is 8. The van der Waals surface area contributed by atoms with Crippen LogP contribution in [0, 0.1) is 0 Å². The quantitative estimate of drug-likeness (QED) is 0.723. The molecule has 0 aliphatic rings. The Morgan fingerprint density at radius 1 is 1.15 bits per heavy atom. The summed E-state index contributed by atoms with van der Waals surface area (Å²) in [6, 6.07) is 7.91. The maximum atomic E-state index is 10.4. The Morgan fingerprint density at radius 2 is 1.95 bits per heavy atom. The van der Waals surface area contributed by atoms with Gasteiger partial charge in [-0.1, -0.05) is 31.0 Å². The Labute approximate surface area is 118 Å². The molecule has 0 saturated carbocycles. The molecule has 0 amide bonds. The van der Waals surface area contributed by atoms with Gasteiger partial charge in [-0.25, -0.2) is 0 Å². The summed E-state index contributed by atoms with van der Waals surface area (Å²) in [4.78, 5) is 10.4. The molecule has 0 unspecified atom stereocenters. The van der Waals surface area contributed by atoms with Crippen molar-refractivity contribution in [2.24, 2.45) is 0 Å². The van der Waals surface area contributed by atoms with Crippen molar-refractivity contribution in [3.05, 3.63) is 30.5 Å². The smallest absolute Gasteiger partial charge is 0.303 e. The monoisotopic (exact) mass is 273 g/mol. The van der Waals surface area contributed by atoms with E-state index in [1.807, 2.05) is 24.3 Å². The molecule has 0 bridgehead atoms. The zero-order chi connectivity index (χ0) is 14.2. The Bertz CT molecular complexity index is 567. The Kier molecular flexibility index (Phi) is 5.29. The maximum absolute atomic E-state index is 10.4. The van der Waals surface area contributed by atoms with E-state index in [0.717, 1.165) is 48.8 Å². The van der Waals surface area contributed by atoms with Gasteiger partial charge in [-0.2, -0.15) is 10.2 Å². The molecule has 0 fully saturated rings. The fourth-order valence-corrected chi connectivity index (χ4v) is 2.13. The maximum Gasteiger partial charge on any atom is 0.303 e. The number of nitrogens with zero attached hydrogens (tertiary/aromatic N) is 2. The molecule has 0 atom stereocenters. The summed E-state index contributed by atoms with van der Waals surface area (Å²) in [5.41, 5.74) is 1.89. The van der Waals surface area contributed by atoms with Gasteiger partial charge in [0.2, 0.25) is 0 Å². The summed E-state index contributed by atoms with van der Waals surface area (Å²) in [5, 5.41) is 21.1. The third-order valence-electron chi connectivity index (χ3n) is 3.18. The van der Waals surface area contributed by atoms with Crippen molar-refractivity contribution in [3.8, 4) is 0 Å². The average molecular weight is 273 g/mol. The fourth-order valence-electron chi connectivity index (χ4n) is 2.13. The zero-order valence-corrected chi connectivity index (χ0v) is 11.4. The number of anilines is 1. The standard InChI is InChI=1S/C15H19N3O2/c19-15(20)9-3-1-2-6-10-16-14-11-17-18-13-8-5-4-7-12(13)14/h4-5,7-8,11H,1-3,6,9-10H2,(H,16,18)(H,19,20). The molecule has 106 valence electrons. The minimum absolute atomic E-state index is 0.270. The normalized spacial score (nSPS) is 10.6. The molecule has 1 aromatic heterocycles. The summed E-state index contributed by atoms with van der Waals surface area (Å²) >= 11 is 0. The number of fused-ring (bicyclic) bond motifs is 1. The molecule has 2 N–H and O–H groups in total. The van der Waals surface area contributed by atoms with Crippen LogP contribution in [0.2, 0.25) is 0 Å². The largest absolute Gasteiger partial charge is 0.481 e.